The third kappa shape index (κ3) is 3.26. The Balaban J connectivity index is 1.49. The zero-order chi connectivity index (χ0) is 19.9. The average molecular weight is 387 g/mol. The fraction of sp³-hybridized carbons (Fsp3) is 0.667. The minimum Gasteiger partial charge on any atom is -0.376 e. The van der Waals surface area contributed by atoms with Crippen molar-refractivity contribution >= 4 is 17.7 Å². The zero-order valence-electron chi connectivity index (χ0n) is 16.8. The zero-order valence-corrected chi connectivity index (χ0v) is 16.8. The standard InChI is InChI=1S/C21H29N3O4/c1-14-11-17(15(2)23(14)12-16-7-6-10-28-16)18(25)13-24-19(26)21(22-20(24)27)8-4-3-5-9-21/h11,16H,3-10,12-13H2,1-2H3,(H,22,27)/t16-/m0/s1. The highest BCUT2D eigenvalue weighted by atomic mass is 16.5. The molecule has 3 heterocycles. The Morgan fingerprint density at radius 3 is 2.64 bits per heavy atom. The Labute approximate surface area is 165 Å². The molecule has 28 heavy (non-hydrogen) atoms. The van der Waals surface area contributed by atoms with Crippen LogP contribution in [0.1, 0.15) is 66.7 Å². The third-order valence-corrected chi connectivity index (χ3v) is 6.54. The Bertz CT molecular complexity index is 801. The van der Waals surface area contributed by atoms with Crippen molar-refractivity contribution in [3.05, 3.63) is 23.0 Å². The van der Waals surface area contributed by atoms with Crippen molar-refractivity contribution in [2.45, 2.75) is 77.0 Å². The minimum atomic E-state index is -0.785. The molecule has 152 valence electrons. The van der Waals surface area contributed by atoms with Crippen LogP contribution in [0.25, 0.3) is 0 Å². The normalized spacial score (nSPS) is 24.2. The van der Waals surface area contributed by atoms with E-state index in [0.717, 1.165) is 61.5 Å². The second kappa shape index (κ2) is 7.35. The van der Waals surface area contributed by atoms with Gasteiger partial charge in [0.25, 0.3) is 5.91 Å². The van der Waals surface area contributed by atoms with Crippen molar-refractivity contribution in [2.24, 2.45) is 0 Å². The van der Waals surface area contributed by atoms with Crippen LogP contribution in [0, 0.1) is 13.8 Å². The quantitative estimate of drug-likeness (QED) is 0.622. The molecule has 1 aromatic heterocycles. The maximum absolute atomic E-state index is 13.0. The highest BCUT2D eigenvalue weighted by Gasteiger charge is 2.51. The van der Waals surface area contributed by atoms with E-state index in [-0.39, 0.29) is 24.3 Å². The lowest BCUT2D eigenvalue weighted by Gasteiger charge is -2.30. The molecule has 3 aliphatic rings. The summed E-state index contributed by atoms with van der Waals surface area (Å²) in [4.78, 5) is 39.4. The lowest BCUT2D eigenvalue weighted by molar-refractivity contribution is -0.132. The van der Waals surface area contributed by atoms with Crippen LogP contribution in [0.3, 0.4) is 0 Å². The largest absolute Gasteiger partial charge is 0.376 e. The van der Waals surface area contributed by atoms with Crippen molar-refractivity contribution < 1.29 is 19.1 Å². The summed E-state index contributed by atoms with van der Waals surface area (Å²) in [5.74, 6) is -0.429. The number of hydrogen-bond donors (Lipinski definition) is 1. The SMILES string of the molecule is Cc1cc(C(=O)CN2C(=O)NC3(CCCCC3)C2=O)c(C)n1C[C@@H]1CCCO1. The number of aryl methyl sites for hydroxylation is 1. The van der Waals surface area contributed by atoms with Gasteiger partial charge in [-0.3, -0.25) is 14.5 Å². The maximum Gasteiger partial charge on any atom is 0.325 e. The Morgan fingerprint density at radius 2 is 1.96 bits per heavy atom. The van der Waals surface area contributed by atoms with Crippen LogP contribution in [-0.4, -0.2) is 52.0 Å². The van der Waals surface area contributed by atoms with Crippen molar-refractivity contribution in [1.29, 1.82) is 0 Å². The summed E-state index contributed by atoms with van der Waals surface area (Å²) in [5, 5.41) is 2.87. The van der Waals surface area contributed by atoms with Crippen LogP contribution in [0.4, 0.5) is 4.79 Å². The molecule has 7 heteroatoms. The molecule has 7 nitrogen and oxygen atoms in total. The van der Waals surface area contributed by atoms with Gasteiger partial charge in [0, 0.05) is 30.1 Å². The first-order chi connectivity index (χ1) is 13.4. The van der Waals surface area contributed by atoms with Crippen LogP contribution >= 0.6 is 0 Å². The van der Waals surface area contributed by atoms with E-state index in [1.807, 2.05) is 19.9 Å². The molecular formula is C21H29N3O4. The van der Waals surface area contributed by atoms with Gasteiger partial charge in [-0.2, -0.15) is 0 Å². The van der Waals surface area contributed by atoms with Gasteiger partial charge in [-0.15, -0.1) is 0 Å². The molecule has 1 atom stereocenters. The summed E-state index contributed by atoms with van der Waals surface area (Å²) in [6.07, 6.45) is 6.56. The van der Waals surface area contributed by atoms with Gasteiger partial charge in [0.15, 0.2) is 5.78 Å². The van der Waals surface area contributed by atoms with Crippen LogP contribution in [0.2, 0.25) is 0 Å². The summed E-state index contributed by atoms with van der Waals surface area (Å²) in [6.45, 7) is 5.23. The first kappa shape index (κ1) is 19.2. The van der Waals surface area contributed by atoms with Crippen LogP contribution in [0.15, 0.2) is 6.07 Å². The smallest absolute Gasteiger partial charge is 0.325 e. The second-order valence-electron chi connectivity index (χ2n) is 8.42. The van der Waals surface area contributed by atoms with Gasteiger partial charge < -0.3 is 14.6 Å². The molecule has 3 fully saturated rings. The fourth-order valence-electron chi connectivity index (χ4n) is 4.90. The molecule has 1 saturated carbocycles. The molecule has 1 aromatic rings. The van der Waals surface area contributed by atoms with Crippen molar-refractivity contribution in [2.75, 3.05) is 13.2 Å². The molecule has 0 unspecified atom stereocenters. The number of hydrogen-bond acceptors (Lipinski definition) is 4. The molecule has 0 aromatic carbocycles. The van der Waals surface area contributed by atoms with Crippen LogP contribution < -0.4 is 5.32 Å². The van der Waals surface area contributed by atoms with Gasteiger partial charge in [0.2, 0.25) is 0 Å². The predicted molar refractivity (Wildman–Crippen MR) is 103 cm³/mol. The van der Waals surface area contributed by atoms with E-state index in [4.69, 9.17) is 4.74 Å². The van der Waals surface area contributed by atoms with E-state index in [1.54, 1.807) is 0 Å². The molecule has 0 radical (unpaired) electrons. The van der Waals surface area contributed by atoms with E-state index >= 15 is 0 Å². The van der Waals surface area contributed by atoms with Gasteiger partial charge in [-0.25, -0.2) is 4.79 Å². The summed E-state index contributed by atoms with van der Waals surface area (Å²) in [6, 6.07) is 1.43. The predicted octanol–water partition coefficient (Wildman–Crippen LogP) is 2.72. The lowest BCUT2D eigenvalue weighted by atomic mass is 9.82. The second-order valence-corrected chi connectivity index (χ2v) is 8.42. The van der Waals surface area contributed by atoms with Gasteiger partial charge in [0.1, 0.15) is 5.54 Å². The lowest BCUT2D eigenvalue weighted by Crippen LogP contribution is -2.48. The van der Waals surface area contributed by atoms with E-state index in [9.17, 15) is 14.4 Å². The summed E-state index contributed by atoms with van der Waals surface area (Å²) < 4.78 is 7.83. The Hall–Kier alpha value is -2.15. The molecule has 1 aliphatic carbocycles. The van der Waals surface area contributed by atoms with Gasteiger partial charge in [-0.1, -0.05) is 19.3 Å². The van der Waals surface area contributed by atoms with Crippen molar-refractivity contribution in [3.8, 4) is 0 Å². The summed E-state index contributed by atoms with van der Waals surface area (Å²) >= 11 is 0. The van der Waals surface area contributed by atoms with Crippen molar-refractivity contribution in [1.82, 2.24) is 14.8 Å². The Morgan fingerprint density at radius 1 is 1.21 bits per heavy atom. The molecule has 3 amide bonds. The molecular weight excluding hydrogens is 358 g/mol. The monoisotopic (exact) mass is 387 g/mol. The number of nitrogens with one attached hydrogen (secondary N) is 1. The fourth-order valence-corrected chi connectivity index (χ4v) is 4.90. The minimum absolute atomic E-state index is 0.185. The number of aromatic nitrogens is 1. The molecule has 2 aliphatic heterocycles. The molecule has 1 N–H and O–H groups in total. The average Bonchev–Trinajstić information content (AvgIpc) is 3.34. The van der Waals surface area contributed by atoms with E-state index in [0.29, 0.717) is 18.4 Å². The van der Waals surface area contributed by atoms with Gasteiger partial charge >= 0.3 is 6.03 Å². The number of amides is 3. The first-order valence-corrected chi connectivity index (χ1v) is 10.4. The van der Waals surface area contributed by atoms with E-state index in [2.05, 4.69) is 9.88 Å². The number of ether oxygens (including phenoxy) is 1. The number of nitrogens with zero attached hydrogens (tertiary/aromatic N) is 2. The summed E-state index contributed by atoms with van der Waals surface area (Å²) in [7, 11) is 0. The number of Topliss-reactive ketones (excluding diaryl/α,β-unsaturated/α-hetero) is 1. The maximum atomic E-state index is 13.0. The molecule has 1 spiro atoms. The number of carbonyl (C=O) groups is 3. The third-order valence-electron chi connectivity index (χ3n) is 6.54. The number of carbonyl (C=O) groups excluding carboxylic acids is 3. The number of imide groups is 1. The molecule has 4 rings (SSSR count). The highest BCUT2D eigenvalue weighted by molar-refractivity contribution is 6.11. The van der Waals surface area contributed by atoms with Crippen LogP contribution in [-0.2, 0) is 16.1 Å². The van der Waals surface area contributed by atoms with Gasteiger partial charge in [-0.05, 0) is 45.6 Å². The highest BCUT2D eigenvalue weighted by Crippen LogP contribution is 2.33. The van der Waals surface area contributed by atoms with Crippen LogP contribution in [0.5, 0.6) is 0 Å². The van der Waals surface area contributed by atoms with E-state index in [1.165, 1.54) is 0 Å². The molecule has 2 saturated heterocycles. The first-order valence-electron chi connectivity index (χ1n) is 10.4. The number of rotatable bonds is 5. The number of ketones is 1. The molecule has 0 bridgehead atoms. The summed E-state index contributed by atoms with van der Waals surface area (Å²) in [5.41, 5.74) is 1.67. The van der Waals surface area contributed by atoms with Crippen molar-refractivity contribution in [3.63, 3.8) is 0 Å². The van der Waals surface area contributed by atoms with Gasteiger partial charge in [0.05, 0.1) is 12.6 Å². The number of urea groups is 1. The topological polar surface area (TPSA) is 80.6 Å². The Kier molecular flexibility index (Phi) is 5.04. The van der Waals surface area contributed by atoms with E-state index < -0.39 is 11.6 Å².